The van der Waals surface area contributed by atoms with E-state index >= 15 is 0 Å². The molecule has 0 saturated carbocycles. The molecule has 2 aromatic heterocycles. The average Bonchev–Trinajstić information content (AvgIpc) is 2.49. The number of benzene rings is 1. The molecule has 0 aliphatic heterocycles. The standard InChI is InChI=1S/C15H13N3.C2H4/c1-10-3-6-13-14(7-10)18-15(9-17-13)12-5-4-11(2)16-8-12;1-2/h3-9H,1-2H3;1-2H2. The highest BCUT2D eigenvalue weighted by Crippen LogP contribution is 2.19. The van der Waals surface area contributed by atoms with Crippen molar-refractivity contribution in [3.8, 4) is 11.3 Å². The van der Waals surface area contributed by atoms with E-state index in [1.165, 1.54) is 5.56 Å². The van der Waals surface area contributed by atoms with Crippen molar-refractivity contribution >= 4 is 11.0 Å². The van der Waals surface area contributed by atoms with E-state index in [0.29, 0.717) is 0 Å². The van der Waals surface area contributed by atoms with Gasteiger partial charge in [-0.1, -0.05) is 6.07 Å². The number of nitrogens with zero attached hydrogens (tertiary/aromatic N) is 3. The fraction of sp³-hybridized carbons (Fsp3) is 0.118. The lowest BCUT2D eigenvalue weighted by Crippen LogP contribution is -1.90. The Bertz CT molecular complexity index is 718. The average molecular weight is 263 g/mol. The van der Waals surface area contributed by atoms with Gasteiger partial charge in [-0.2, -0.15) is 0 Å². The lowest BCUT2D eigenvalue weighted by molar-refractivity contribution is 1.19. The van der Waals surface area contributed by atoms with Gasteiger partial charge in [-0.25, -0.2) is 4.98 Å². The molecule has 3 heteroatoms. The van der Waals surface area contributed by atoms with Gasteiger partial charge in [-0.3, -0.25) is 9.97 Å². The van der Waals surface area contributed by atoms with E-state index in [4.69, 9.17) is 0 Å². The van der Waals surface area contributed by atoms with E-state index in [1.807, 2.05) is 43.5 Å². The normalized spacial score (nSPS) is 9.90. The van der Waals surface area contributed by atoms with E-state index < -0.39 is 0 Å². The Hall–Kier alpha value is -2.55. The summed E-state index contributed by atoms with van der Waals surface area (Å²) in [6.45, 7) is 10.0. The summed E-state index contributed by atoms with van der Waals surface area (Å²) in [5.74, 6) is 0. The van der Waals surface area contributed by atoms with Crippen molar-refractivity contribution in [2.45, 2.75) is 13.8 Å². The van der Waals surface area contributed by atoms with Crippen LogP contribution in [0.2, 0.25) is 0 Å². The summed E-state index contributed by atoms with van der Waals surface area (Å²) in [4.78, 5) is 13.3. The number of hydrogen-bond donors (Lipinski definition) is 0. The number of hydrogen-bond acceptors (Lipinski definition) is 3. The highest BCUT2D eigenvalue weighted by atomic mass is 14.8. The van der Waals surface area contributed by atoms with Crippen LogP contribution in [0.15, 0.2) is 55.9 Å². The Kier molecular flexibility index (Phi) is 4.20. The maximum absolute atomic E-state index is 4.63. The number of aromatic nitrogens is 3. The van der Waals surface area contributed by atoms with Crippen LogP contribution in [0.4, 0.5) is 0 Å². The van der Waals surface area contributed by atoms with E-state index in [-0.39, 0.29) is 0 Å². The molecule has 0 spiro atoms. The Balaban J connectivity index is 0.000000704. The molecule has 100 valence electrons. The van der Waals surface area contributed by atoms with E-state index in [9.17, 15) is 0 Å². The van der Waals surface area contributed by atoms with Crippen molar-refractivity contribution in [2.75, 3.05) is 0 Å². The fourth-order valence-electron chi connectivity index (χ4n) is 1.88. The van der Waals surface area contributed by atoms with Crippen LogP contribution in [-0.4, -0.2) is 15.0 Å². The first-order chi connectivity index (χ1) is 9.72. The summed E-state index contributed by atoms with van der Waals surface area (Å²) in [6.07, 6.45) is 3.63. The minimum Gasteiger partial charge on any atom is -0.261 e. The zero-order valence-electron chi connectivity index (χ0n) is 11.8. The van der Waals surface area contributed by atoms with Gasteiger partial charge >= 0.3 is 0 Å². The van der Waals surface area contributed by atoms with Crippen LogP contribution in [-0.2, 0) is 0 Å². The topological polar surface area (TPSA) is 38.7 Å². The number of fused-ring (bicyclic) bond motifs is 1. The Morgan fingerprint density at radius 1 is 0.850 bits per heavy atom. The van der Waals surface area contributed by atoms with E-state index in [2.05, 4.69) is 35.0 Å². The smallest absolute Gasteiger partial charge is 0.0908 e. The molecule has 0 amide bonds. The van der Waals surface area contributed by atoms with Crippen LogP contribution in [0.5, 0.6) is 0 Å². The zero-order chi connectivity index (χ0) is 14.5. The van der Waals surface area contributed by atoms with Gasteiger partial charge in [0.25, 0.3) is 0 Å². The Labute approximate surface area is 119 Å². The molecule has 0 aliphatic rings. The largest absolute Gasteiger partial charge is 0.261 e. The predicted octanol–water partition coefficient (Wildman–Crippen LogP) is 4.11. The second-order valence-electron chi connectivity index (χ2n) is 4.44. The van der Waals surface area contributed by atoms with Crippen LogP contribution in [0.1, 0.15) is 11.3 Å². The van der Waals surface area contributed by atoms with Gasteiger partial charge < -0.3 is 0 Å². The molecule has 0 radical (unpaired) electrons. The van der Waals surface area contributed by atoms with Gasteiger partial charge in [-0.15, -0.1) is 13.2 Å². The third kappa shape index (κ3) is 2.88. The molecular formula is C17H17N3. The molecule has 1 aromatic carbocycles. The maximum atomic E-state index is 4.63. The highest BCUT2D eigenvalue weighted by molar-refractivity contribution is 5.77. The Morgan fingerprint density at radius 3 is 2.35 bits per heavy atom. The lowest BCUT2D eigenvalue weighted by atomic mass is 10.2. The zero-order valence-corrected chi connectivity index (χ0v) is 11.8. The third-order valence-electron chi connectivity index (χ3n) is 2.90. The van der Waals surface area contributed by atoms with Crippen molar-refractivity contribution in [1.29, 1.82) is 0 Å². The first-order valence-electron chi connectivity index (χ1n) is 6.39. The predicted molar refractivity (Wildman–Crippen MR) is 83.5 cm³/mol. The molecule has 0 bridgehead atoms. The van der Waals surface area contributed by atoms with Crippen LogP contribution >= 0.6 is 0 Å². The van der Waals surface area contributed by atoms with Crippen molar-refractivity contribution < 1.29 is 0 Å². The van der Waals surface area contributed by atoms with Crippen molar-refractivity contribution in [1.82, 2.24) is 15.0 Å². The van der Waals surface area contributed by atoms with Crippen LogP contribution < -0.4 is 0 Å². The van der Waals surface area contributed by atoms with Crippen molar-refractivity contribution in [3.63, 3.8) is 0 Å². The maximum Gasteiger partial charge on any atom is 0.0908 e. The molecule has 0 fully saturated rings. The summed E-state index contributed by atoms with van der Waals surface area (Å²) in [5, 5.41) is 0. The first kappa shape index (κ1) is 13.9. The number of pyridine rings is 1. The second kappa shape index (κ2) is 6.06. The van der Waals surface area contributed by atoms with Gasteiger partial charge in [0.2, 0.25) is 0 Å². The summed E-state index contributed by atoms with van der Waals surface area (Å²) in [7, 11) is 0. The molecule has 0 unspecified atom stereocenters. The SMILES string of the molecule is C=C.Cc1ccc2ncc(-c3ccc(C)nc3)nc2c1. The van der Waals surface area contributed by atoms with Gasteiger partial charge in [0.05, 0.1) is 22.9 Å². The summed E-state index contributed by atoms with van der Waals surface area (Å²) in [6, 6.07) is 10.1. The summed E-state index contributed by atoms with van der Waals surface area (Å²) >= 11 is 0. The minimum absolute atomic E-state index is 0.862. The van der Waals surface area contributed by atoms with E-state index in [0.717, 1.165) is 28.0 Å². The van der Waals surface area contributed by atoms with Crippen LogP contribution in [0.3, 0.4) is 0 Å². The molecule has 20 heavy (non-hydrogen) atoms. The molecule has 0 N–H and O–H groups in total. The van der Waals surface area contributed by atoms with E-state index in [1.54, 1.807) is 6.20 Å². The van der Waals surface area contributed by atoms with Gasteiger partial charge in [0.1, 0.15) is 0 Å². The first-order valence-corrected chi connectivity index (χ1v) is 6.39. The van der Waals surface area contributed by atoms with Crippen LogP contribution in [0, 0.1) is 13.8 Å². The summed E-state index contributed by atoms with van der Waals surface area (Å²) in [5.41, 5.74) is 5.90. The molecule has 3 rings (SSSR count). The second-order valence-corrected chi connectivity index (χ2v) is 4.44. The number of aryl methyl sites for hydroxylation is 2. The minimum atomic E-state index is 0.862. The van der Waals surface area contributed by atoms with Crippen molar-refractivity contribution in [2.24, 2.45) is 0 Å². The third-order valence-corrected chi connectivity index (χ3v) is 2.90. The molecular weight excluding hydrogens is 246 g/mol. The monoisotopic (exact) mass is 263 g/mol. The van der Waals surface area contributed by atoms with Crippen LogP contribution in [0.25, 0.3) is 22.3 Å². The molecule has 2 heterocycles. The lowest BCUT2D eigenvalue weighted by Gasteiger charge is -2.03. The number of rotatable bonds is 1. The quantitative estimate of drug-likeness (QED) is 0.620. The molecule has 0 aliphatic carbocycles. The molecule has 3 nitrogen and oxygen atoms in total. The highest BCUT2D eigenvalue weighted by Gasteiger charge is 2.03. The molecule has 3 aromatic rings. The molecule has 0 atom stereocenters. The van der Waals surface area contributed by atoms with Gasteiger partial charge in [0, 0.05) is 17.5 Å². The Morgan fingerprint density at radius 2 is 1.65 bits per heavy atom. The molecule has 0 saturated heterocycles. The fourth-order valence-corrected chi connectivity index (χ4v) is 1.88. The summed E-state index contributed by atoms with van der Waals surface area (Å²) < 4.78 is 0. The van der Waals surface area contributed by atoms with Crippen molar-refractivity contribution in [3.05, 3.63) is 67.1 Å². The van der Waals surface area contributed by atoms with Gasteiger partial charge in [0.15, 0.2) is 0 Å². The van der Waals surface area contributed by atoms with Gasteiger partial charge in [-0.05, 0) is 43.7 Å².